The van der Waals surface area contributed by atoms with E-state index in [1.54, 1.807) is 24.3 Å². The largest absolute Gasteiger partial charge is 0.423 e. The van der Waals surface area contributed by atoms with E-state index >= 15 is 0 Å². The van der Waals surface area contributed by atoms with E-state index in [0.29, 0.717) is 29.6 Å². The molecule has 0 aliphatic carbocycles. The van der Waals surface area contributed by atoms with Gasteiger partial charge in [0.15, 0.2) is 5.58 Å². The van der Waals surface area contributed by atoms with Crippen LogP contribution in [0.25, 0.3) is 11.1 Å². The molecule has 3 aromatic rings. The Bertz CT molecular complexity index is 964. The Kier molecular flexibility index (Phi) is 4.75. The van der Waals surface area contributed by atoms with E-state index in [0.717, 1.165) is 37.0 Å². The summed E-state index contributed by atoms with van der Waals surface area (Å²) in [5.74, 6) is 0.294. The molecule has 27 heavy (non-hydrogen) atoms. The molecule has 0 bridgehead atoms. The van der Waals surface area contributed by atoms with E-state index in [2.05, 4.69) is 21.3 Å². The Morgan fingerprint density at radius 1 is 1.22 bits per heavy atom. The molecule has 0 saturated carbocycles. The number of hydrogen-bond acceptors (Lipinski definition) is 5. The second kappa shape index (κ2) is 7.50. The molecule has 1 aliphatic rings. The lowest BCUT2D eigenvalue weighted by molar-refractivity contribution is 0.0944. The van der Waals surface area contributed by atoms with Gasteiger partial charge in [-0.25, -0.2) is 0 Å². The first-order valence-corrected chi connectivity index (χ1v) is 9.12. The van der Waals surface area contributed by atoms with Gasteiger partial charge in [-0.1, -0.05) is 18.2 Å². The number of benzene rings is 2. The first-order valence-electron chi connectivity index (χ1n) is 9.12. The minimum absolute atomic E-state index is 0.131. The van der Waals surface area contributed by atoms with E-state index < -0.39 is 0 Å². The normalized spacial score (nSPS) is 14.9. The topological polar surface area (TPSA) is 82.2 Å². The number of aromatic nitrogens is 1. The van der Waals surface area contributed by atoms with Gasteiger partial charge in [-0.05, 0) is 49.1 Å². The van der Waals surface area contributed by atoms with Crippen LogP contribution in [0.1, 0.15) is 28.8 Å². The molecule has 1 saturated heterocycles. The minimum Gasteiger partial charge on any atom is -0.423 e. The molecule has 0 radical (unpaired) electrons. The molecule has 6 heteroatoms. The lowest BCUT2D eigenvalue weighted by Crippen LogP contribution is -2.38. The molecular formula is C21H20N4O2. The molecule has 0 unspecified atom stereocenters. The van der Waals surface area contributed by atoms with Crippen molar-refractivity contribution in [2.75, 3.05) is 24.5 Å². The van der Waals surface area contributed by atoms with Crippen LogP contribution in [0.2, 0.25) is 0 Å². The van der Waals surface area contributed by atoms with Crippen molar-refractivity contribution in [1.82, 2.24) is 10.3 Å². The van der Waals surface area contributed by atoms with Gasteiger partial charge in [0, 0.05) is 25.2 Å². The molecule has 2 aromatic carbocycles. The highest BCUT2D eigenvalue weighted by Gasteiger charge is 2.23. The standard InChI is InChI=1S/C21H20N4O2/c22-13-16-4-3-5-17(12-16)20(26)23-14-15-8-10-25(11-9-15)21-24-18-6-1-2-7-19(18)27-21/h1-7,12,15H,8-11,14H2,(H,23,26). The molecule has 1 aliphatic heterocycles. The molecular weight excluding hydrogens is 340 g/mol. The van der Waals surface area contributed by atoms with E-state index in [-0.39, 0.29) is 5.91 Å². The fourth-order valence-electron chi connectivity index (χ4n) is 3.39. The number of hydrogen-bond donors (Lipinski definition) is 1. The highest BCUT2D eigenvalue weighted by molar-refractivity contribution is 5.94. The summed E-state index contributed by atoms with van der Waals surface area (Å²) in [7, 11) is 0. The predicted molar refractivity (Wildman–Crippen MR) is 102 cm³/mol. The summed E-state index contributed by atoms with van der Waals surface area (Å²) in [5, 5.41) is 11.9. The quantitative estimate of drug-likeness (QED) is 0.771. The van der Waals surface area contributed by atoms with E-state index in [1.807, 2.05) is 24.3 Å². The third-order valence-electron chi connectivity index (χ3n) is 4.97. The number of nitrogens with zero attached hydrogens (tertiary/aromatic N) is 3. The number of nitrogens with one attached hydrogen (secondary N) is 1. The molecule has 6 nitrogen and oxygen atoms in total. The van der Waals surface area contributed by atoms with E-state index in [9.17, 15) is 4.79 Å². The fourth-order valence-corrected chi connectivity index (χ4v) is 3.39. The second-order valence-electron chi connectivity index (χ2n) is 6.80. The number of carbonyl (C=O) groups is 1. The Morgan fingerprint density at radius 2 is 2.04 bits per heavy atom. The SMILES string of the molecule is N#Cc1cccc(C(=O)NCC2CCN(c3nc4ccccc4o3)CC2)c1. The van der Waals surface area contributed by atoms with Gasteiger partial charge in [-0.2, -0.15) is 10.2 Å². The van der Waals surface area contributed by atoms with Crippen molar-refractivity contribution >= 4 is 23.0 Å². The number of anilines is 1. The van der Waals surface area contributed by atoms with Crippen molar-refractivity contribution < 1.29 is 9.21 Å². The van der Waals surface area contributed by atoms with Gasteiger partial charge >= 0.3 is 0 Å². The number of oxazole rings is 1. The number of para-hydroxylation sites is 2. The first-order chi connectivity index (χ1) is 13.2. The Hall–Kier alpha value is -3.33. The third kappa shape index (κ3) is 3.77. The van der Waals surface area contributed by atoms with Crippen molar-refractivity contribution in [3.63, 3.8) is 0 Å². The molecule has 1 aromatic heterocycles. The van der Waals surface area contributed by atoms with Crippen LogP contribution in [0.3, 0.4) is 0 Å². The average Bonchev–Trinajstić information content (AvgIpc) is 3.16. The Morgan fingerprint density at radius 3 is 2.81 bits per heavy atom. The predicted octanol–water partition coefficient (Wildman–Crippen LogP) is 3.35. The van der Waals surface area contributed by atoms with Gasteiger partial charge in [0.2, 0.25) is 0 Å². The summed E-state index contributed by atoms with van der Waals surface area (Å²) in [4.78, 5) is 19.0. The minimum atomic E-state index is -0.131. The summed E-state index contributed by atoms with van der Waals surface area (Å²) in [6.07, 6.45) is 1.94. The number of rotatable bonds is 4. The lowest BCUT2D eigenvalue weighted by atomic mass is 9.97. The van der Waals surface area contributed by atoms with Gasteiger partial charge < -0.3 is 14.6 Å². The van der Waals surface area contributed by atoms with Gasteiger partial charge in [0.25, 0.3) is 11.9 Å². The molecule has 0 atom stereocenters. The third-order valence-corrected chi connectivity index (χ3v) is 4.97. The highest BCUT2D eigenvalue weighted by atomic mass is 16.4. The number of fused-ring (bicyclic) bond motifs is 1. The van der Waals surface area contributed by atoms with Crippen molar-refractivity contribution in [3.8, 4) is 6.07 Å². The Labute approximate surface area is 157 Å². The van der Waals surface area contributed by atoms with Gasteiger partial charge in [-0.3, -0.25) is 4.79 Å². The molecule has 0 spiro atoms. The van der Waals surface area contributed by atoms with Crippen molar-refractivity contribution in [2.45, 2.75) is 12.8 Å². The van der Waals surface area contributed by atoms with Crippen LogP contribution in [0.15, 0.2) is 52.9 Å². The van der Waals surface area contributed by atoms with Crippen LogP contribution in [-0.4, -0.2) is 30.5 Å². The van der Waals surface area contributed by atoms with Crippen molar-refractivity contribution in [3.05, 3.63) is 59.7 Å². The summed E-state index contributed by atoms with van der Waals surface area (Å²) < 4.78 is 5.84. The smallest absolute Gasteiger partial charge is 0.298 e. The number of nitriles is 1. The maximum Gasteiger partial charge on any atom is 0.298 e. The zero-order chi connectivity index (χ0) is 18.6. The average molecular weight is 360 g/mol. The molecule has 2 heterocycles. The first kappa shape index (κ1) is 17.1. The maximum absolute atomic E-state index is 12.3. The van der Waals surface area contributed by atoms with Crippen LogP contribution in [0.4, 0.5) is 6.01 Å². The zero-order valence-electron chi connectivity index (χ0n) is 14.9. The number of carbonyl (C=O) groups excluding carboxylic acids is 1. The molecule has 1 amide bonds. The summed E-state index contributed by atoms with van der Waals surface area (Å²) >= 11 is 0. The van der Waals surface area contributed by atoms with Crippen LogP contribution < -0.4 is 10.2 Å². The van der Waals surface area contributed by atoms with Crippen LogP contribution in [0, 0.1) is 17.2 Å². The Balaban J connectivity index is 1.30. The van der Waals surface area contributed by atoms with Gasteiger partial charge in [0.1, 0.15) is 5.52 Å². The van der Waals surface area contributed by atoms with Crippen molar-refractivity contribution in [2.24, 2.45) is 5.92 Å². The number of piperidine rings is 1. The molecule has 1 N–H and O–H groups in total. The summed E-state index contributed by atoms with van der Waals surface area (Å²) in [6, 6.07) is 17.3. The van der Waals surface area contributed by atoms with Crippen LogP contribution in [0.5, 0.6) is 0 Å². The van der Waals surface area contributed by atoms with E-state index in [4.69, 9.17) is 9.68 Å². The van der Waals surface area contributed by atoms with Gasteiger partial charge in [-0.15, -0.1) is 0 Å². The molecule has 4 rings (SSSR count). The second-order valence-corrected chi connectivity index (χ2v) is 6.80. The van der Waals surface area contributed by atoms with Crippen LogP contribution in [-0.2, 0) is 0 Å². The van der Waals surface area contributed by atoms with Crippen LogP contribution >= 0.6 is 0 Å². The monoisotopic (exact) mass is 360 g/mol. The lowest BCUT2D eigenvalue weighted by Gasteiger charge is -2.30. The summed E-state index contributed by atoms with van der Waals surface area (Å²) in [5.41, 5.74) is 2.70. The maximum atomic E-state index is 12.3. The molecule has 1 fully saturated rings. The van der Waals surface area contributed by atoms with Crippen molar-refractivity contribution in [1.29, 1.82) is 5.26 Å². The molecule has 136 valence electrons. The highest BCUT2D eigenvalue weighted by Crippen LogP contribution is 2.26. The van der Waals surface area contributed by atoms with Gasteiger partial charge in [0.05, 0.1) is 11.6 Å². The fraction of sp³-hybridized carbons (Fsp3) is 0.286. The summed E-state index contributed by atoms with van der Waals surface area (Å²) in [6.45, 7) is 2.35. The number of amides is 1. The zero-order valence-corrected chi connectivity index (χ0v) is 14.9. The van der Waals surface area contributed by atoms with E-state index in [1.165, 1.54) is 0 Å².